The Bertz CT molecular complexity index is 599. The average Bonchev–Trinajstić information content (AvgIpc) is 2.48. The Morgan fingerprint density at radius 3 is 2.67 bits per heavy atom. The van der Waals surface area contributed by atoms with Crippen LogP contribution in [0.3, 0.4) is 0 Å². The zero-order chi connectivity index (χ0) is 15.2. The first kappa shape index (κ1) is 16.3. The van der Waals surface area contributed by atoms with Crippen LogP contribution in [0.4, 0.5) is 0 Å². The largest absolute Gasteiger partial charge is 0.310 e. The Balaban J connectivity index is 2.25. The standard InChI is InChI=1S/C17H20Cl2N2/c1-3-7-21-17(10-13-6-8-20-11-16(13)19)14-4-5-15(18)12(2)9-14/h4-6,8-9,11,17,21H,3,7,10H2,1-2H3. The molecule has 2 rings (SSSR count). The van der Waals surface area contributed by atoms with Crippen LogP contribution in [-0.4, -0.2) is 11.5 Å². The van der Waals surface area contributed by atoms with Gasteiger partial charge in [0.05, 0.1) is 5.02 Å². The van der Waals surface area contributed by atoms with Gasteiger partial charge < -0.3 is 5.32 Å². The van der Waals surface area contributed by atoms with Crippen LogP contribution in [-0.2, 0) is 6.42 Å². The maximum Gasteiger partial charge on any atom is 0.0622 e. The van der Waals surface area contributed by atoms with E-state index in [1.807, 2.05) is 19.1 Å². The number of aryl methyl sites for hydroxylation is 1. The lowest BCUT2D eigenvalue weighted by atomic mass is 9.98. The SMILES string of the molecule is CCCNC(Cc1ccncc1Cl)c1ccc(Cl)c(C)c1. The van der Waals surface area contributed by atoms with E-state index in [0.717, 1.165) is 35.5 Å². The van der Waals surface area contributed by atoms with E-state index in [9.17, 15) is 0 Å². The van der Waals surface area contributed by atoms with E-state index < -0.39 is 0 Å². The molecular formula is C17H20Cl2N2. The van der Waals surface area contributed by atoms with Crippen molar-refractivity contribution in [1.29, 1.82) is 0 Å². The van der Waals surface area contributed by atoms with Gasteiger partial charge in [-0.3, -0.25) is 4.98 Å². The molecule has 0 aliphatic carbocycles. The van der Waals surface area contributed by atoms with E-state index in [1.54, 1.807) is 12.4 Å². The van der Waals surface area contributed by atoms with Crippen molar-refractivity contribution in [3.8, 4) is 0 Å². The topological polar surface area (TPSA) is 24.9 Å². The molecule has 1 unspecified atom stereocenters. The van der Waals surface area contributed by atoms with Crippen LogP contribution in [0, 0.1) is 6.92 Å². The van der Waals surface area contributed by atoms with Crippen LogP contribution < -0.4 is 5.32 Å². The number of halogens is 2. The third kappa shape index (κ3) is 4.44. The average molecular weight is 323 g/mol. The minimum absolute atomic E-state index is 0.223. The molecule has 0 bridgehead atoms. The van der Waals surface area contributed by atoms with Crippen molar-refractivity contribution >= 4 is 23.2 Å². The van der Waals surface area contributed by atoms with E-state index >= 15 is 0 Å². The summed E-state index contributed by atoms with van der Waals surface area (Å²) in [6.45, 7) is 5.16. The van der Waals surface area contributed by atoms with Crippen molar-refractivity contribution in [2.75, 3.05) is 6.54 Å². The van der Waals surface area contributed by atoms with Crippen LogP contribution in [0.2, 0.25) is 10.0 Å². The number of aromatic nitrogens is 1. The fourth-order valence-corrected chi connectivity index (χ4v) is 2.61. The number of nitrogens with one attached hydrogen (secondary N) is 1. The summed E-state index contributed by atoms with van der Waals surface area (Å²) in [7, 11) is 0. The van der Waals surface area contributed by atoms with Crippen molar-refractivity contribution in [2.24, 2.45) is 0 Å². The van der Waals surface area contributed by atoms with Crippen molar-refractivity contribution in [3.05, 3.63) is 63.4 Å². The normalized spacial score (nSPS) is 12.4. The number of hydrogen-bond acceptors (Lipinski definition) is 2. The summed E-state index contributed by atoms with van der Waals surface area (Å²) >= 11 is 12.4. The lowest BCUT2D eigenvalue weighted by Crippen LogP contribution is -2.24. The Morgan fingerprint density at radius 2 is 2.00 bits per heavy atom. The van der Waals surface area contributed by atoms with Crippen LogP contribution >= 0.6 is 23.2 Å². The van der Waals surface area contributed by atoms with E-state index in [0.29, 0.717) is 5.02 Å². The summed E-state index contributed by atoms with van der Waals surface area (Å²) in [5, 5.41) is 5.10. The van der Waals surface area contributed by atoms with Crippen LogP contribution in [0.25, 0.3) is 0 Å². The fourth-order valence-electron chi connectivity index (χ4n) is 2.30. The number of rotatable bonds is 6. The highest BCUT2D eigenvalue weighted by molar-refractivity contribution is 6.31. The zero-order valence-electron chi connectivity index (χ0n) is 12.4. The van der Waals surface area contributed by atoms with Gasteiger partial charge in [-0.15, -0.1) is 0 Å². The van der Waals surface area contributed by atoms with Gasteiger partial charge in [-0.1, -0.05) is 42.3 Å². The number of benzene rings is 1. The lowest BCUT2D eigenvalue weighted by Gasteiger charge is -2.20. The molecule has 0 aliphatic heterocycles. The van der Waals surface area contributed by atoms with Crippen molar-refractivity contribution in [1.82, 2.24) is 10.3 Å². The molecule has 0 amide bonds. The highest BCUT2D eigenvalue weighted by Gasteiger charge is 2.14. The van der Waals surface area contributed by atoms with E-state index in [-0.39, 0.29) is 6.04 Å². The molecule has 1 N–H and O–H groups in total. The summed E-state index contributed by atoms with van der Waals surface area (Å²) in [5.74, 6) is 0. The van der Waals surface area contributed by atoms with Gasteiger partial charge in [0.25, 0.3) is 0 Å². The maximum absolute atomic E-state index is 6.23. The molecule has 112 valence electrons. The highest BCUT2D eigenvalue weighted by atomic mass is 35.5. The number of pyridine rings is 1. The second kappa shape index (κ2) is 7.79. The molecule has 0 saturated carbocycles. The molecule has 0 spiro atoms. The van der Waals surface area contributed by atoms with E-state index in [4.69, 9.17) is 23.2 Å². The fraction of sp³-hybridized carbons (Fsp3) is 0.353. The molecule has 2 aromatic rings. The van der Waals surface area contributed by atoms with Crippen LogP contribution in [0.1, 0.15) is 36.1 Å². The molecule has 1 aromatic heterocycles. The molecule has 4 heteroatoms. The molecule has 0 saturated heterocycles. The van der Waals surface area contributed by atoms with Gasteiger partial charge in [0.15, 0.2) is 0 Å². The molecule has 1 atom stereocenters. The van der Waals surface area contributed by atoms with Gasteiger partial charge in [0.1, 0.15) is 0 Å². The van der Waals surface area contributed by atoms with Crippen molar-refractivity contribution in [2.45, 2.75) is 32.7 Å². The smallest absolute Gasteiger partial charge is 0.0622 e. The van der Waals surface area contributed by atoms with Gasteiger partial charge in [-0.25, -0.2) is 0 Å². The summed E-state index contributed by atoms with van der Waals surface area (Å²) in [6.07, 6.45) is 5.40. The number of hydrogen-bond donors (Lipinski definition) is 1. The van der Waals surface area contributed by atoms with Crippen LogP contribution in [0.15, 0.2) is 36.7 Å². The van der Waals surface area contributed by atoms with Crippen LogP contribution in [0.5, 0.6) is 0 Å². The van der Waals surface area contributed by atoms with Gasteiger partial charge in [0, 0.05) is 23.5 Å². The van der Waals surface area contributed by atoms with Gasteiger partial charge in [0.2, 0.25) is 0 Å². The number of nitrogens with zero attached hydrogens (tertiary/aromatic N) is 1. The maximum atomic E-state index is 6.23. The minimum Gasteiger partial charge on any atom is -0.310 e. The monoisotopic (exact) mass is 322 g/mol. The third-order valence-corrected chi connectivity index (χ3v) is 4.27. The van der Waals surface area contributed by atoms with Crippen molar-refractivity contribution in [3.63, 3.8) is 0 Å². The minimum atomic E-state index is 0.223. The second-order valence-electron chi connectivity index (χ2n) is 5.19. The molecule has 0 fully saturated rings. The molecule has 0 aliphatic rings. The first-order valence-electron chi connectivity index (χ1n) is 7.19. The predicted molar refractivity (Wildman–Crippen MR) is 90.2 cm³/mol. The highest BCUT2D eigenvalue weighted by Crippen LogP contribution is 2.26. The third-order valence-electron chi connectivity index (χ3n) is 3.51. The summed E-state index contributed by atoms with van der Waals surface area (Å²) < 4.78 is 0. The van der Waals surface area contributed by atoms with E-state index in [2.05, 4.69) is 29.4 Å². The lowest BCUT2D eigenvalue weighted by molar-refractivity contribution is 0.529. The first-order valence-corrected chi connectivity index (χ1v) is 7.95. The molecule has 0 radical (unpaired) electrons. The molecule has 21 heavy (non-hydrogen) atoms. The Morgan fingerprint density at radius 1 is 1.19 bits per heavy atom. The van der Waals surface area contributed by atoms with Gasteiger partial charge in [-0.2, -0.15) is 0 Å². The zero-order valence-corrected chi connectivity index (χ0v) is 13.9. The second-order valence-corrected chi connectivity index (χ2v) is 6.00. The summed E-state index contributed by atoms with van der Waals surface area (Å²) in [6, 6.07) is 8.38. The first-order chi connectivity index (χ1) is 10.1. The molecule has 1 aromatic carbocycles. The molecule has 2 nitrogen and oxygen atoms in total. The summed E-state index contributed by atoms with van der Waals surface area (Å²) in [4.78, 5) is 4.04. The predicted octanol–water partition coefficient (Wildman–Crippen LogP) is 4.98. The summed E-state index contributed by atoms with van der Waals surface area (Å²) in [5.41, 5.74) is 3.43. The van der Waals surface area contributed by atoms with Gasteiger partial charge >= 0.3 is 0 Å². The van der Waals surface area contributed by atoms with Gasteiger partial charge in [-0.05, 0) is 55.1 Å². The Kier molecular flexibility index (Phi) is 6.04. The Labute approximate surface area is 136 Å². The quantitative estimate of drug-likeness (QED) is 0.811. The Hall–Kier alpha value is -1.09. The molecule has 1 heterocycles. The molecular weight excluding hydrogens is 303 g/mol. The van der Waals surface area contributed by atoms with Crippen molar-refractivity contribution < 1.29 is 0 Å². The van der Waals surface area contributed by atoms with E-state index in [1.165, 1.54) is 5.56 Å².